The number of amides is 1. The maximum Gasteiger partial charge on any atom is 0.255 e. The first-order valence-corrected chi connectivity index (χ1v) is 12.1. The fourth-order valence-corrected chi connectivity index (χ4v) is 6.45. The standard InChI is InChI=1S/C17H26N2O6S2/c1-4-19(5-2)27(23,24)14-6-7-16(25-3)15(10-14)17(20)18-11-13-8-9-26(21,22)12-13/h6-7,10,13H,4-5,8-9,11-12H2,1-3H3,(H,18,20). The van der Waals surface area contributed by atoms with E-state index in [1.807, 2.05) is 0 Å². The van der Waals surface area contributed by atoms with Crippen molar-refractivity contribution in [2.45, 2.75) is 25.2 Å². The fraction of sp³-hybridized carbons (Fsp3) is 0.588. The summed E-state index contributed by atoms with van der Waals surface area (Å²) in [5.74, 6) is -0.180. The van der Waals surface area contributed by atoms with Crippen molar-refractivity contribution >= 4 is 25.8 Å². The minimum atomic E-state index is -3.71. The zero-order valence-corrected chi connectivity index (χ0v) is 17.4. The van der Waals surface area contributed by atoms with Crippen molar-refractivity contribution in [2.75, 3.05) is 38.2 Å². The molecule has 1 aromatic carbocycles. The van der Waals surface area contributed by atoms with Gasteiger partial charge in [0.15, 0.2) is 9.84 Å². The highest BCUT2D eigenvalue weighted by atomic mass is 32.2. The summed E-state index contributed by atoms with van der Waals surface area (Å²) < 4.78 is 54.9. The molecule has 27 heavy (non-hydrogen) atoms. The van der Waals surface area contributed by atoms with E-state index >= 15 is 0 Å². The predicted molar refractivity (Wildman–Crippen MR) is 102 cm³/mol. The zero-order chi connectivity index (χ0) is 20.2. The second-order valence-electron chi connectivity index (χ2n) is 6.43. The molecule has 8 nitrogen and oxygen atoms in total. The minimum absolute atomic E-state index is 0.0144. The molecule has 2 rings (SSSR count). The van der Waals surface area contributed by atoms with Crippen molar-refractivity contribution in [2.24, 2.45) is 5.92 Å². The van der Waals surface area contributed by atoms with Gasteiger partial charge in [-0.2, -0.15) is 4.31 Å². The van der Waals surface area contributed by atoms with Crippen LogP contribution in [0.2, 0.25) is 0 Å². The molecule has 0 radical (unpaired) electrons. The van der Waals surface area contributed by atoms with Crippen LogP contribution in [0.3, 0.4) is 0 Å². The lowest BCUT2D eigenvalue weighted by atomic mass is 10.1. The van der Waals surface area contributed by atoms with Crippen molar-refractivity contribution in [3.63, 3.8) is 0 Å². The van der Waals surface area contributed by atoms with Gasteiger partial charge in [-0.1, -0.05) is 13.8 Å². The third kappa shape index (κ3) is 4.99. The van der Waals surface area contributed by atoms with Crippen LogP contribution in [0.5, 0.6) is 5.75 Å². The SMILES string of the molecule is CCN(CC)S(=O)(=O)c1ccc(OC)c(C(=O)NCC2CCS(=O)(=O)C2)c1. The Balaban J connectivity index is 2.23. The molecule has 1 aliphatic rings. The van der Waals surface area contributed by atoms with Crippen LogP contribution in [0, 0.1) is 5.92 Å². The first-order valence-electron chi connectivity index (χ1n) is 8.81. The molecule has 1 saturated heterocycles. The quantitative estimate of drug-likeness (QED) is 0.671. The van der Waals surface area contributed by atoms with Crippen molar-refractivity contribution < 1.29 is 26.4 Å². The number of carbonyl (C=O) groups is 1. The highest BCUT2D eigenvalue weighted by Gasteiger charge is 2.29. The summed E-state index contributed by atoms with van der Waals surface area (Å²) in [4.78, 5) is 12.6. The number of nitrogens with one attached hydrogen (secondary N) is 1. The van der Waals surface area contributed by atoms with Gasteiger partial charge in [-0.3, -0.25) is 4.79 Å². The van der Waals surface area contributed by atoms with Crippen molar-refractivity contribution in [3.05, 3.63) is 23.8 Å². The largest absolute Gasteiger partial charge is 0.496 e. The Kier molecular flexibility index (Phi) is 6.87. The molecular weight excluding hydrogens is 392 g/mol. The average Bonchev–Trinajstić information content (AvgIpc) is 2.98. The maximum absolute atomic E-state index is 12.7. The fourth-order valence-electron chi connectivity index (χ4n) is 3.10. The van der Waals surface area contributed by atoms with E-state index in [9.17, 15) is 21.6 Å². The lowest BCUT2D eigenvalue weighted by Crippen LogP contribution is -2.32. The molecule has 0 spiro atoms. The third-order valence-electron chi connectivity index (χ3n) is 4.64. The van der Waals surface area contributed by atoms with Gasteiger partial charge >= 0.3 is 0 Å². The van der Waals surface area contributed by atoms with E-state index in [0.717, 1.165) is 0 Å². The van der Waals surface area contributed by atoms with Crippen LogP contribution in [0.1, 0.15) is 30.6 Å². The van der Waals surface area contributed by atoms with E-state index in [-0.39, 0.29) is 40.2 Å². The summed E-state index contributed by atoms with van der Waals surface area (Å²) in [7, 11) is -5.34. The van der Waals surface area contributed by atoms with Crippen molar-refractivity contribution in [3.8, 4) is 5.75 Å². The molecular formula is C17H26N2O6S2. The van der Waals surface area contributed by atoms with Crippen LogP contribution in [-0.2, 0) is 19.9 Å². The molecule has 1 heterocycles. The van der Waals surface area contributed by atoms with Crippen LogP contribution < -0.4 is 10.1 Å². The molecule has 152 valence electrons. The molecule has 1 aromatic rings. The summed E-state index contributed by atoms with van der Waals surface area (Å²) in [6, 6.07) is 4.16. The topological polar surface area (TPSA) is 110 Å². The lowest BCUT2D eigenvalue weighted by Gasteiger charge is -2.19. The third-order valence-corrected chi connectivity index (χ3v) is 8.52. The van der Waals surface area contributed by atoms with Gasteiger partial charge in [-0.15, -0.1) is 0 Å². The van der Waals surface area contributed by atoms with Gasteiger partial charge in [0.2, 0.25) is 10.0 Å². The second kappa shape index (κ2) is 8.57. The molecule has 10 heteroatoms. The van der Waals surface area contributed by atoms with E-state index in [1.54, 1.807) is 13.8 Å². The second-order valence-corrected chi connectivity index (χ2v) is 10.6. The van der Waals surface area contributed by atoms with Gasteiger partial charge < -0.3 is 10.1 Å². The van der Waals surface area contributed by atoms with E-state index < -0.39 is 25.8 Å². The minimum Gasteiger partial charge on any atom is -0.496 e. The Hall–Kier alpha value is -1.65. The Morgan fingerprint density at radius 1 is 1.30 bits per heavy atom. The Labute approximate surface area is 160 Å². The monoisotopic (exact) mass is 418 g/mol. The summed E-state index contributed by atoms with van der Waals surface area (Å²) in [5.41, 5.74) is 0.103. The number of sulfonamides is 1. The molecule has 1 atom stereocenters. The van der Waals surface area contributed by atoms with Crippen LogP contribution >= 0.6 is 0 Å². The molecule has 1 amide bonds. The molecule has 0 aliphatic carbocycles. The van der Waals surface area contributed by atoms with Crippen LogP contribution in [0.4, 0.5) is 0 Å². The summed E-state index contributed by atoms with van der Waals surface area (Å²) in [5, 5.41) is 2.70. The van der Waals surface area contributed by atoms with Crippen LogP contribution in [0.25, 0.3) is 0 Å². The van der Waals surface area contributed by atoms with E-state index in [4.69, 9.17) is 4.74 Å². The molecule has 1 N–H and O–H groups in total. The number of hydrogen-bond acceptors (Lipinski definition) is 6. The van der Waals surface area contributed by atoms with Crippen molar-refractivity contribution in [1.29, 1.82) is 0 Å². The Morgan fingerprint density at radius 3 is 2.48 bits per heavy atom. The molecule has 1 fully saturated rings. The van der Waals surface area contributed by atoms with E-state index in [2.05, 4.69) is 5.32 Å². The van der Waals surface area contributed by atoms with E-state index in [1.165, 1.54) is 29.6 Å². The molecule has 0 saturated carbocycles. The maximum atomic E-state index is 12.7. The Bertz CT molecular complexity index is 892. The number of hydrogen-bond donors (Lipinski definition) is 1. The Morgan fingerprint density at radius 2 is 1.96 bits per heavy atom. The normalized spacial score (nSPS) is 19.2. The molecule has 1 unspecified atom stereocenters. The average molecular weight is 419 g/mol. The summed E-state index contributed by atoms with van der Waals surface area (Å²) >= 11 is 0. The van der Waals surface area contributed by atoms with Gasteiger partial charge in [0.05, 0.1) is 29.1 Å². The van der Waals surface area contributed by atoms with E-state index in [0.29, 0.717) is 19.5 Å². The first kappa shape index (κ1) is 21.6. The van der Waals surface area contributed by atoms with Crippen LogP contribution in [0.15, 0.2) is 23.1 Å². The molecule has 0 aromatic heterocycles. The smallest absolute Gasteiger partial charge is 0.255 e. The first-order chi connectivity index (χ1) is 12.6. The zero-order valence-electron chi connectivity index (χ0n) is 15.8. The number of sulfone groups is 1. The van der Waals surface area contributed by atoms with Gasteiger partial charge in [0.25, 0.3) is 5.91 Å². The number of benzene rings is 1. The molecule has 0 bridgehead atoms. The highest BCUT2D eigenvalue weighted by Crippen LogP contribution is 2.25. The van der Waals surface area contributed by atoms with Gasteiger partial charge in [0, 0.05) is 19.6 Å². The summed E-state index contributed by atoms with van der Waals surface area (Å²) in [6.07, 6.45) is 0.510. The van der Waals surface area contributed by atoms with Crippen LogP contribution in [-0.4, -0.2) is 65.3 Å². The lowest BCUT2D eigenvalue weighted by molar-refractivity contribution is 0.0945. The number of methoxy groups -OCH3 is 1. The van der Waals surface area contributed by atoms with Gasteiger partial charge in [-0.25, -0.2) is 16.8 Å². The number of carbonyl (C=O) groups excluding carboxylic acids is 1. The summed E-state index contributed by atoms with van der Waals surface area (Å²) in [6.45, 7) is 4.35. The predicted octanol–water partition coefficient (Wildman–Crippen LogP) is 0.890. The van der Waals surface area contributed by atoms with Gasteiger partial charge in [0.1, 0.15) is 5.75 Å². The number of ether oxygens (including phenoxy) is 1. The number of nitrogens with zero attached hydrogens (tertiary/aromatic N) is 1. The highest BCUT2D eigenvalue weighted by molar-refractivity contribution is 7.91. The van der Waals surface area contributed by atoms with Gasteiger partial charge in [-0.05, 0) is 30.5 Å². The molecule has 1 aliphatic heterocycles. The van der Waals surface area contributed by atoms with Crippen molar-refractivity contribution in [1.82, 2.24) is 9.62 Å². The number of rotatable bonds is 8.